The highest BCUT2D eigenvalue weighted by atomic mass is 16.2. The molecule has 1 aromatic carbocycles. The van der Waals surface area contributed by atoms with E-state index in [1.165, 1.54) is 11.3 Å². The standard InChI is InChI=1S/C16H25N3O/c1-3-4-9-17-16(20)19-12-10-18(11-13-19)15-7-5-14(2)6-8-15/h5-8H,3-4,9-13H2,1-2H3,(H,17,20). The second kappa shape index (κ2) is 7.17. The first-order valence-corrected chi connectivity index (χ1v) is 7.55. The molecule has 0 spiro atoms. The zero-order chi connectivity index (χ0) is 14.4. The van der Waals surface area contributed by atoms with Crippen LogP contribution in [0.15, 0.2) is 24.3 Å². The van der Waals surface area contributed by atoms with Crippen LogP contribution < -0.4 is 10.2 Å². The first kappa shape index (κ1) is 14.7. The van der Waals surface area contributed by atoms with E-state index in [4.69, 9.17) is 0 Å². The second-order valence-corrected chi connectivity index (χ2v) is 5.40. The minimum Gasteiger partial charge on any atom is -0.368 e. The van der Waals surface area contributed by atoms with E-state index in [0.29, 0.717) is 0 Å². The van der Waals surface area contributed by atoms with Crippen molar-refractivity contribution in [1.82, 2.24) is 10.2 Å². The summed E-state index contributed by atoms with van der Waals surface area (Å²) in [6.07, 6.45) is 2.16. The molecule has 0 saturated carbocycles. The Balaban J connectivity index is 1.80. The number of nitrogens with one attached hydrogen (secondary N) is 1. The maximum Gasteiger partial charge on any atom is 0.317 e. The fourth-order valence-corrected chi connectivity index (χ4v) is 2.41. The summed E-state index contributed by atoms with van der Waals surface area (Å²) in [6, 6.07) is 8.68. The van der Waals surface area contributed by atoms with E-state index in [1.54, 1.807) is 0 Å². The smallest absolute Gasteiger partial charge is 0.317 e. The first-order chi connectivity index (χ1) is 9.70. The van der Waals surface area contributed by atoms with Gasteiger partial charge >= 0.3 is 6.03 Å². The molecule has 1 N–H and O–H groups in total. The molecule has 0 unspecified atom stereocenters. The number of aryl methyl sites for hydroxylation is 1. The largest absolute Gasteiger partial charge is 0.368 e. The van der Waals surface area contributed by atoms with Crippen molar-refractivity contribution in [2.75, 3.05) is 37.6 Å². The topological polar surface area (TPSA) is 35.6 Å². The number of piperazine rings is 1. The van der Waals surface area contributed by atoms with Crippen molar-refractivity contribution in [1.29, 1.82) is 0 Å². The summed E-state index contributed by atoms with van der Waals surface area (Å²) in [5.74, 6) is 0. The molecule has 0 aromatic heterocycles. The minimum atomic E-state index is 0.0852. The van der Waals surface area contributed by atoms with Crippen LogP contribution in [0.2, 0.25) is 0 Å². The minimum absolute atomic E-state index is 0.0852. The molecular formula is C16H25N3O. The molecule has 1 aromatic rings. The molecule has 1 saturated heterocycles. The van der Waals surface area contributed by atoms with Gasteiger partial charge in [0.05, 0.1) is 0 Å². The molecule has 110 valence electrons. The van der Waals surface area contributed by atoms with E-state index in [-0.39, 0.29) is 6.03 Å². The Kier molecular flexibility index (Phi) is 5.27. The van der Waals surface area contributed by atoms with Gasteiger partial charge in [-0.1, -0.05) is 31.0 Å². The van der Waals surface area contributed by atoms with Gasteiger partial charge in [0, 0.05) is 38.4 Å². The van der Waals surface area contributed by atoms with Crippen molar-refractivity contribution in [2.45, 2.75) is 26.7 Å². The quantitative estimate of drug-likeness (QED) is 0.857. The Morgan fingerprint density at radius 1 is 1.15 bits per heavy atom. The van der Waals surface area contributed by atoms with Crippen LogP contribution in [0.25, 0.3) is 0 Å². The van der Waals surface area contributed by atoms with Crippen LogP contribution in [-0.2, 0) is 0 Å². The third-order valence-electron chi connectivity index (χ3n) is 3.77. The summed E-state index contributed by atoms with van der Waals surface area (Å²) in [5.41, 5.74) is 2.53. The van der Waals surface area contributed by atoms with E-state index in [1.807, 2.05) is 4.90 Å². The summed E-state index contributed by atoms with van der Waals surface area (Å²) in [4.78, 5) is 16.2. The van der Waals surface area contributed by atoms with Gasteiger partial charge in [-0.15, -0.1) is 0 Å². The average molecular weight is 275 g/mol. The van der Waals surface area contributed by atoms with Crippen LogP contribution in [0.5, 0.6) is 0 Å². The third-order valence-corrected chi connectivity index (χ3v) is 3.77. The molecule has 4 nitrogen and oxygen atoms in total. The number of anilines is 1. The third kappa shape index (κ3) is 3.89. The van der Waals surface area contributed by atoms with Gasteiger partial charge in [0.1, 0.15) is 0 Å². The maximum atomic E-state index is 12.0. The lowest BCUT2D eigenvalue weighted by atomic mass is 10.2. The molecule has 0 atom stereocenters. The Morgan fingerprint density at radius 3 is 2.40 bits per heavy atom. The van der Waals surface area contributed by atoms with Gasteiger partial charge in [0.2, 0.25) is 0 Å². The molecule has 2 rings (SSSR count). The van der Waals surface area contributed by atoms with Crippen LogP contribution >= 0.6 is 0 Å². The number of hydrogen-bond acceptors (Lipinski definition) is 2. The number of hydrogen-bond donors (Lipinski definition) is 1. The number of rotatable bonds is 4. The molecule has 0 radical (unpaired) electrons. The molecule has 1 fully saturated rings. The van der Waals surface area contributed by atoms with Crippen LogP contribution in [0.4, 0.5) is 10.5 Å². The van der Waals surface area contributed by atoms with Crippen molar-refractivity contribution in [3.8, 4) is 0 Å². The van der Waals surface area contributed by atoms with Gasteiger partial charge in [-0.05, 0) is 25.5 Å². The molecule has 1 aliphatic rings. The highest BCUT2D eigenvalue weighted by molar-refractivity contribution is 5.74. The lowest BCUT2D eigenvalue weighted by Crippen LogP contribution is -2.52. The summed E-state index contributed by atoms with van der Waals surface area (Å²) in [7, 11) is 0. The number of nitrogens with zero attached hydrogens (tertiary/aromatic N) is 2. The van der Waals surface area contributed by atoms with Crippen molar-refractivity contribution in [2.24, 2.45) is 0 Å². The second-order valence-electron chi connectivity index (χ2n) is 5.40. The lowest BCUT2D eigenvalue weighted by molar-refractivity contribution is 0.194. The SMILES string of the molecule is CCCCNC(=O)N1CCN(c2ccc(C)cc2)CC1. The highest BCUT2D eigenvalue weighted by Crippen LogP contribution is 2.17. The number of urea groups is 1. The van der Waals surface area contributed by atoms with Crippen molar-refractivity contribution in [3.63, 3.8) is 0 Å². The van der Waals surface area contributed by atoms with Gasteiger partial charge in [-0.25, -0.2) is 4.79 Å². The van der Waals surface area contributed by atoms with E-state index in [2.05, 4.69) is 48.3 Å². The predicted molar refractivity (Wildman–Crippen MR) is 83.3 cm³/mol. The van der Waals surface area contributed by atoms with E-state index in [0.717, 1.165) is 45.6 Å². The zero-order valence-electron chi connectivity index (χ0n) is 12.6. The van der Waals surface area contributed by atoms with Gasteiger partial charge in [0.15, 0.2) is 0 Å². The molecule has 1 aliphatic heterocycles. The van der Waals surface area contributed by atoms with Gasteiger partial charge in [0.25, 0.3) is 0 Å². The molecular weight excluding hydrogens is 250 g/mol. The Bertz CT molecular complexity index is 422. The summed E-state index contributed by atoms with van der Waals surface area (Å²) in [6.45, 7) is 8.43. The summed E-state index contributed by atoms with van der Waals surface area (Å²) >= 11 is 0. The fraction of sp³-hybridized carbons (Fsp3) is 0.562. The van der Waals surface area contributed by atoms with Crippen LogP contribution in [0, 0.1) is 6.92 Å². The molecule has 0 bridgehead atoms. The monoisotopic (exact) mass is 275 g/mol. The fourth-order valence-electron chi connectivity index (χ4n) is 2.41. The van der Waals surface area contributed by atoms with E-state index < -0.39 is 0 Å². The molecule has 20 heavy (non-hydrogen) atoms. The van der Waals surface area contributed by atoms with Crippen molar-refractivity contribution >= 4 is 11.7 Å². The van der Waals surface area contributed by atoms with Gasteiger partial charge in [-0.2, -0.15) is 0 Å². The predicted octanol–water partition coefficient (Wildman–Crippen LogP) is 2.63. The maximum absolute atomic E-state index is 12.0. The van der Waals surface area contributed by atoms with Crippen molar-refractivity contribution < 1.29 is 4.79 Å². The number of amides is 2. The number of unbranched alkanes of at least 4 members (excludes halogenated alkanes) is 1. The van der Waals surface area contributed by atoms with Gasteiger partial charge < -0.3 is 15.1 Å². The highest BCUT2D eigenvalue weighted by Gasteiger charge is 2.20. The van der Waals surface area contributed by atoms with E-state index in [9.17, 15) is 4.79 Å². The lowest BCUT2D eigenvalue weighted by Gasteiger charge is -2.36. The molecule has 0 aliphatic carbocycles. The summed E-state index contributed by atoms with van der Waals surface area (Å²) < 4.78 is 0. The number of carbonyl (C=O) groups is 1. The number of carbonyl (C=O) groups excluding carboxylic acids is 1. The Hall–Kier alpha value is -1.71. The zero-order valence-corrected chi connectivity index (χ0v) is 12.6. The van der Waals surface area contributed by atoms with Crippen LogP contribution in [0.1, 0.15) is 25.3 Å². The van der Waals surface area contributed by atoms with Gasteiger partial charge in [-0.3, -0.25) is 0 Å². The normalized spacial score (nSPS) is 15.3. The summed E-state index contributed by atoms with van der Waals surface area (Å²) in [5, 5.41) is 2.98. The van der Waals surface area contributed by atoms with Crippen LogP contribution in [0.3, 0.4) is 0 Å². The molecule has 4 heteroatoms. The van der Waals surface area contributed by atoms with Crippen LogP contribution in [-0.4, -0.2) is 43.7 Å². The Morgan fingerprint density at radius 2 is 1.80 bits per heavy atom. The average Bonchev–Trinajstić information content (AvgIpc) is 2.48. The van der Waals surface area contributed by atoms with Crippen molar-refractivity contribution in [3.05, 3.63) is 29.8 Å². The number of benzene rings is 1. The Labute approximate surface area is 121 Å². The molecule has 2 amide bonds. The first-order valence-electron chi connectivity index (χ1n) is 7.55. The molecule has 1 heterocycles. The van der Waals surface area contributed by atoms with E-state index >= 15 is 0 Å².